The first-order chi connectivity index (χ1) is 9.93. The van der Waals surface area contributed by atoms with Gasteiger partial charge in [0.05, 0.1) is 18.6 Å². The second-order valence-corrected chi connectivity index (χ2v) is 7.54. The lowest BCUT2D eigenvalue weighted by atomic mass is 10.3. The minimum atomic E-state index is -0.274. The monoisotopic (exact) mass is 412 g/mol. The van der Waals surface area contributed by atoms with Gasteiger partial charge in [-0.1, -0.05) is 22.4 Å². The number of anilines is 1. The molecular weight excluding hydrogens is 400 g/mol. The summed E-state index contributed by atoms with van der Waals surface area (Å²) in [6, 6.07) is 4.89. The van der Waals surface area contributed by atoms with Crippen molar-refractivity contribution in [3.05, 3.63) is 27.7 Å². The summed E-state index contributed by atoms with van der Waals surface area (Å²) in [6.45, 7) is 0. The van der Waals surface area contributed by atoms with Crippen molar-refractivity contribution in [2.75, 3.05) is 25.2 Å². The summed E-state index contributed by atoms with van der Waals surface area (Å²) in [6.07, 6.45) is 0.311. The molecule has 0 unspecified atom stereocenters. The Morgan fingerprint density at radius 2 is 2.19 bits per heavy atom. The Labute approximate surface area is 144 Å². The van der Waals surface area contributed by atoms with Crippen LogP contribution in [0.5, 0.6) is 0 Å². The van der Waals surface area contributed by atoms with Crippen molar-refractivity contribution >= 4 is 67.0 Å². The van der Waals surface area contributed by atoms with Crippen molar-refractivity contribution in [1.29, 1.82) is 0 Å². The van der Waals surface area contributed by atoms with Gasteiger partial charge in [0.1, 0.15) is 0 Å². The average Bonchev–Trinajstić information content (AvgIpc) is 2.46. The third-order valence-electron chi connectivity index (χ3n) is 2.24. The molecule has 21 heavy (non-hydrogen) atoms. The summed E-state index contributed by atoms with van der Waals surface area (Å²) in [7, 11) is 5.64. The highest BCUT2D eigenvalue weighted by Crippen LogP contribution is 2.28. The van der Waals surface area contributed by atoms with E-state index in [0.29, 0.717) is 22.9 Å². The van der Waals surface area contributed by atoms with Crippen LogP contribution in [0.2, 0.25) is 5.02 Å². The van der Waals surface area contributed by atoms with Crippen LogP contribution in [0.25, 0.3) is 0 Å². The van der Waals surface area contributed by atoms with Crippen molar-refractivity contribution in [1.82, 2.24) is 4.31 Å². The van der Waals surface area contributed by atoms with Gasteiger partial charge in [-0.25, -0.2) is 4.79 Å². The van der Waals surface area contributed by atoms with Crippen LogP contribution in [0.1, 0.15) is 6.42 Å². The lowest BCUT2D eigenvalue weighted by Crippen LogP contribution is -2.24. The molecule has 0 bridgehead atoms. The molecule has 1 aromatic rings. The number of carbonyl (C=O) groups excluding carboxylic acids is 2. The van der Waals surface area contributed by atoms with E-state index in [1.54, 1.807) is 25.2 Å². The van der Waals surface area contributed by atoms with Crippen molar-refractivity contribution in [2.45, 2.75) is 6.42 Å². The number of benzene rings is 1. The Morgan fingerprint density at radius 3 is 2.81 bits per heavy atom. The van der Waals surface area contributed by atoms with E-state index in [-0.39, 0.29) is 12.0 Å². The number of methoxy groups -OCH3 is 1. The number of esters is 1. The van der Waals surface area contributed by atoms with Crippen molar-refractivity contribution in [3.8, 4) is 0 Å². The molecule has 0 spiro atoms. The normalized spacial score (nSPS) is 10.1. The highest BCUT2D eigenvalue weighted by Gasteiger charge is 2.11. The van der Waals surface area contributed by atoms with Crippen molar-refractivity contribution < 1.29 is 14.3 Å². The largest absolute Gasteiger partial charge is 0.469 e. The van der Waals surface area contributed by atoms with Crippen LogP contribution in [0, 0.1) is 0 Å². The number of rotatable bonds is 6. The van der Waals surface area contributed by atoms with Gasteiger partial charge in [0.25, 0.3) is 0 Å². The van der Waals surface area contributed by atoms with E-state index in [0.717, 1.165) is 4.47 Å². The Balaban J connectivity index is 2.37. The second-order valence-electron chi connectivity index (χ2n) is 3.78. The first-order valence-corrected chi connectivity index (χ1v) is 9.25. The molecule has 1 rings (SSSR count). The number of carbonyl (C=O) groups is 2. The zero-order chi connectivity index (χ0) is 15.8. The Bertz CT molecular complexity index is 519. The third kappa shape index (κ3) is 6.82. The lowest BCUT2D eigenvalue weighted by Gasteiger charge is -2.16. The number of halogens is 2. The number of amides is 2. The van der Waals surface area contributed by atoms with Gasteiger partial charge in [-0.3, -0.25) is 9.10 Å². The second kappa shape index (κ2) is 9.45. The highest BCUT2D eigenvalue weighted by molar-refractivity contribution is 9.10. The van der Waals surface area contributed by atoms with Crippen LogP contribution in [0.15, 0.2) is 22.7 Å². The van der Waals surface area contributed by atoms with Gasteiger partial charge < -0.3 is 10.1 Å². The standard InChI is InChI=1S/C12H14BrClN2O3S2/c1-16(21-20-6-5-11(17)19-2)12(18)15-8-3-4-9(13)10(14)7-8/h3-4,7H,5-6H2,1-2H3,(H,15,18). The molecular formula is C12H14BrClN2O3S2. The highest BCUT2D eigenvalue weighted by atomic mass is 79.9. The van der Waals surface area contributed by atoms with Gasteiger partial charge in [-0.15, -0.1) is 0 Å². The summed E-state index contributed by atoms with van der Waals surface area (Å²) in [5.74, 6) is 0.304. The maximum absolute atomic E-state index is 11.9. The van der Waals surface area contributed by atoms with Crippen LogP contribution in [0.4, 0.5) is 10.5 Å². The molecule has 0 saturated heterocycles. The number of nitrogens with one attached hydrogen (secondary N) is 1. The first-order valence-electron chi connectivity index (χ1n) is 5.80. The van der Waals surface area contributed by atoms with Crippen LogP contribution >= 0.6 is 49.3 Å². The van der Waals surface area contributed by atoms with E-state index in [1.807, 2.05) is 0 Å². The molecule has 9 heteroatoms. The summed E-state index contributed by atoms with van der Waals surface area (Å²) in [4.78, 5) is 22.9. The molecule has 1 aromatic carbocycles. The van der Waals surface area contributed by atoms with Gasteiger partial charge in [-0.2, -0.15) is 0 Å². The minimum Gasteiger partial charge on any atom is -0.469 e. The summed E-state index contributed by atoms with van der Waals surface area (Å²) in [5, 5.41) is 3.25. The summed E-state index contributed by atoms with van der Waals surface area (Å²) in [5.41, 5.74) is 0.611. The quantitative estimate of drug-likeness (QED) is 0.324. The smallest absolute Gasteiger partial charge is 0.332 e. The molecule has 0 aliphatic rings. The Hall–Kier alpha value is -0.570. The summed E-state index contributed by atoms with van der Waals surface area (Å²) >= 11 is 9.24. The van der Waals surface area contributed by atoms with Gasteiger partial charge in [-0.05, 0) is 34.1 Å². The van der Waals surface area contributed by atoms with Crippen LogP contribution in [0.3, 0.4) is 0 Å². The molecule has 1 N–H and O–H groups in total. The molecule has 0 radical (unpaired) electrons. The zero-order valence-corrected chi connectivity index (χ0v) is 15.4. The molecule has 0 heterocycles. The van der Waals surface area contributed by atoms with Crippen LogP contribution in [-0.4, -0.2) is 36.2 Å². The van der Waals surface area contributed by atoms with Crippen LogP contribution in [-0.2, 0) is 9.53 Å². The van der Waals surface area contributed by atoms with E-state index in [4.69, 9.17) is 11.6 Å². The molecule has 0 aliphatic carbocycles. The maximum Gasteiger partial charge on any atom is 0.332 e. The van der Waals surface area contributed by atoms with Gasteiger partial charge in [0.2, 0.25) is 0 Å². The van der Waals surface area contributed by atoms with Gasteiger partial charge in [0.15, 0.2) is 0 Å². The van der Waals surface area contributed by atoms with E-state index >= 15 is 0 Å². The number of urea groups is 1. The van der Waals surface area contributed by atoms with E-state index in [1.165, 1.54) is 33.2 Å². The molecule has 0 atom stereocenters. The molecule has 0 fully saturated rings. The number of hydrogen-bond donors (Lipinski definition) is 1. The SMILES string of the molecule is COC(=O)CCSSN(C)C(=O)Nc1ccc(Br)c(Cl)c1. The molecule has 5 nitrogen and oxygen atoms in total. The van der Waals surface area contributed by atoms with E-state index < -0.39 is 0 Å². The topological polar surface area (TPSA) is 58.6 Å². The number of ether oxygens (including phenoxy) is 1. The Kier molecular flexibility index (Phi) is 8.31. The average molecular weight is 414 g/mol. The molecule has 116 valence electrons. The fraction of sp³-hybridized carbons (Fsp3) is 0.333. The van der Waals surface area contributed by atoms with Crippen molar-refractivity contribution in [3.63, 3.8) is 0 Å². The fourth-order valence-electron chi connectivity index (χ4n) is 1.15. The minimum absolute atomic E-state index is 0.264. The van der Waals surface area contributed by atoms with E-state index in [2.05, 4.69) is 26.0 Å². The van der Waals surface area contributed by atoms with Gasteiger partial charge in [0, 0.05) is 33.9 Å². The Morgan fingerprint density at radius 1 is 1.48 bits per heavy atom. The predicted octanol–water partition coefficient (Wildman–Crippen LogP) is 4.43. The fourth-order valence-corrected chi connectivity index (χ4v) is 3.33. The molecule has 0 aromatic heterocycles. The number of hydrogen-bond acceptors (Lipinski definition) is 5. The van der Waals surface area contributed by atoms with Gasteiger partial charge >= 0.3 is 12.0 Å². The predicted molar refractivity (Wildman–Crippen MR) is 92.6 cm³/mol. The maximum atomic E-state index is 11.9. The third-order valence-corrected chi connectivity index (χ3v) is 5.82. The van der Waals surface area contributed by atoms with E-state index in [9.17, 15) is 9.59 Å². The zero-order valence-electron chi connectivity index (χ0n) is 11.4. The van der Waals surface area contributed by atoms with Crippen LogP contribution < -0.4 is 5.32 Å². The summed E-state index contributed by atoms with van der Waals surface area (Å²) < 4.78 is 6.74. The number of nitrogens with zero attached hydrogens (tertiary/aromatic N) is 1. The van der Waals surface area contributed by atoms with Crippen molar-refractivity contribution in [2.24, 2.45) is 0 Å². The molecule has 0 aliphatic heterocycles. The molecule has 0 saturated carbocycles. The first kappa shape index (κ1) is 18.5. The molecule has 2 amide bonds. The lowest BCUT2D eigenvalue weighted by molar-refractivity contribution is -0.140.